The van der Waals surface area contributed by atoms with E-state index >= 15 is 0 Å². The van der Waals surface area contributed by atoms with Gasteiger partial charge in [0.25, 0.3) is 0 Å². The Kier molecular flexibility index (Phi) is 2.11. The number of hydrogen-bond acceptors (Lipinski definition) is 2. The smallest absolute Gasteiger partial charge is 0.133 e. The largest absolute Gasteiger partial charge is 0.236 e. The second kappa shape index (κ2) is 3.42. The molecule has 0 aliphatic carbocycles. The number of aromatic nitrogens is 2. The highest BCUT2D eigenvalue weighted by molar-refractivity contribution is 6.29. The van der Waals surface area contributed by atoms with Crippen molar-refractivity contribution in [2.45, 2.75) is 0 Å². The molecule has 0 N–H and O–H groups in total. The van der Waals surface area contributed by atoms with Crippen molar-refractivity contribution in [3.05, 3.63) is 47.9 Å². The molecule has 13 heavy (non-hydrogen) atoms. The number of halogens is 1. The molecule has 0 atom stereocenters. The zero-order valence-electron chi connectivity index (χ0n) is 6.66. The van der Waals surface area contributed by atoms with Crippen LogP contribution in [0, 0.1) is 12.1 Å². The number of hydrogen-bond donors (Lipinski definition) is 0. The minimum atomic E-state index is 0.433. The van der Waals surface area contributed by atoms with E-state index in [2.05, 4.69) is 22.1 Å². The van der Waals surface area contributed by atoms with E-state index in [1.165, 1.54) is 6.33 Å². The van der Waals surface area contributed by atoms with Crippen LogP contribution in [0.2, 0.25) is 5.15 Å². The first-order chi connectivity index (χ1) is 6.36. The maximum atomic E-state index is 5.72. The lowest BCUT2D eigenvalue weighted by Gasteiger charge is -1.95. The van der Waals surface area contributed by atoms with Crippen LogP contribution in [0.4, 0.5) is 0 Å². The molecule has 2 rings (SSSR count). The van der Waals surface area contributed by atoms with Gasteiger partial charge in [0.05, 0.1) is 11.3 Å². The summed E-state index contributed by atoms with van der Waals surface area (Å²) < 4.78 is 0. The van der Waals surface area contributed by atoms with Gasteiger partial charge in [-0.2, -0.15) is 0 Å². The fraction of sp³-hybridized carbons (Fsp3) is 0. The summed E-state index contributed by atoms with van der Waals surface area (Å²) in [6.45, 7) is 0. The zero-order valence-corrected chi connectivity index (χ0v) is 7.42. The Labute approximate surface area is 81.2 Å². The van der Waals surface area contributed by atoms with Crippen molar-refractivity contribution < 1.29 is 0 Å². The van der Waals surface area contributed by atoms with Gasteiger partial charge in [0, 0.05) is 6.07 Å². The highest BCUT2D eigenvalue weighted by Crippen LogP contribution is 2.15. The van der Waals surface area contributed by atoms with E-state index in [-0.39, 0.29) is 0 Å². The Morgan fingerprint density at radius 1 is 1.31 bits per heavy atom. The first-order valence-corrected chi connectivity index (χ1v) is 4.10. The molecule has 1 aromatic carbocycles. The molecule has 0 bridgehead atoms. The van der Waals surface area contributed by atoms with E-state index in [1.54, 1.807) is 12.1 Å². The van der Waals surface area contributed by atoms with Crippen molar-refractivity contribution in [3.8, 4) is 11.3 Å². The normalized spacial score (nSPS) is 9.31. The SMILES string of the molecule is Clc1cc(-c2c#cccc2)ncn1. The topological polar surface area (TPSA) is 25.8 Å². The average Bonchev–Trinajstić information content (AvgIpc) is 2.19. The van der Waals surface area contributed by atoms with E-state index in [4.69, 9.17) is 11.6 Å². The molecule has 0 unspecified atom stereocenters. The molecule has 0 saturated carbocycles. The van der Waals surface area contributed by atoms with Crippen molar-refractivity contribution in [1.82, 2.24) is 9.97 Å². The Hall–Kier alpha value is -1.59. The Morgan fingerprint density at radius 2 is 2.23 bits per heavy atom. The minimum absolute atomic E-state index is 0.433. The summed E-state index contributed by atoms with van der Waals surface area (Å²) in [7, 11) is 0. The van der Waals surface area contributed by atoms with Gasteiger partial charge >= 0.3 is 0 Å². The lowest BCUT2D eigenvalue weighted by atomic mass is 10.2. The van der Waals surface area contributed by atoms with Crippen LogP contribution in [0.1, 0.15) is 0 Å². The molecule has 1 heterocycles. The molecule has 1 aromatic heterocycles. The second-order valence-electron chi connectivity index (χ2n) is 2.43. The fourth-order valence-electron chi connectivity index (χ4n) is 0.984. The molecule has 2 nitrogen and oxygen atoms in total. The van der Waals surface area contributed by atoms with Crippen LogP contribution < -0.4 is 0 Å². The summed E-state index contributed by atoms with van der Waals surface area (Å²) in [4.78, 5) is 7.86. The van der Waals surface area contributed by atoms with E-state index in [0.29, 0.717) is 5.15 Å². The van der Waals surface area contributed by atoms with Crippen LogP contribution in [0.5, 0.6) is 0 Å². The Balaban J connectivity index is 2.48. The summed E-state index contributed by atoms with van der Waals surface area (Å²) in [6.07, 6.45) is 1.43. The standard InChI is InChI=1S/C10H5ClN2/c11-10-6-9(12-7-13-10)8-4-2-1-3-5-8/h1-2,4,6-7H. The van der Waals surface area contributed by atoms with Gasteiger partial charge in [0.1, 0.15) is 11.5 Å². The van der Waals surface area contributed by atoms with Gasteiger partial charge in [-0.3, -0.25) is 0 Å². The summed E-state index contributed by atoms with van der Waals surface area (Å²) in [6, 6.07) is 13.0. The summed E-state index contributed by atoms with van der Waals surface area (Å²) in [5.41, 5.74) is 1.63. The van der Waals surface area contributed by atoms with Gasteiger partial charge in [-0.05, 0) is 12.1 Å². The summed E-state index contributed by atoms with van der Waals surface area (Å²) >= 11 is 5.72. The summed E-state index contributed by atoms with van der Waals surface area (Å²) in [5, 5.41) is 0.433. The van der Waals surface area contributed by atoms with Crippen LogP contribution in [0.15, 0.2) is 30.6 Å². The third-order valence-corrected chi connectivity index (χ3v) is 1.77. The number of rotatable bonds is 1. The molecule has 0 saturated heterocycles. The highest BCUT2D eigenvalue weighted by Gasteiger charge is 1.98. The highest BCUT2D eigenvalue weighted by atomic mass is 35.5. The van der Waals surface area contributed by atoms with Crippen molar-refractivity contribution in [2.24, 2.45) is 0 Å². The zero-order chi connectivity index (χ0) is 9.10. The monoisotopic (exact) mass is 188 g/mol. The fourth-order valence-corrected chi connectivity index (χ4v) is 1.13. The van der Waals surface area contributed by atoms with Crippen LogP contribution in [-0.2, 0) is 0 Å². The number of nitrogens with zero attached hydrogens (tertiary/aromatic N) is 2. The summed E-state index contributed by atoms with van der Waals surface area (Å²) in [5.74, 6) is 0. The molecule has 0 fully saturated rings. The predicted molar refractivity (Wildman–Crippen MR) is 50.2 cm³/mol. The molecule has 0 amide bonds. The first-order valence-electron chi connectivity index (χ1n) is 3.72. The lowest BCUT2D eigenvalue weighted by molar-refractivity contribution is 1.17. The van der Waals surface area contributed by atoms with E-state index < -0.39 is 0 Å². The van der Waals surface area contributed by atoms with Gasteiger partial charge in [0.15, 0.2) is 0 Å². The van der Waals surface area contributed by atoms with Gasteiger partial charge in [-0.1, -0.05) is 29.8 Å². The molecular weight excluding hydrogens is 184 g/mol. The van der Waals surface area contributed by atoms with Gasteiger partial charge in [-0.15, -0.1) is 0 Å². The van der Waals surface area contributed by atoms with E-state index in [9.17, 15) is 0 Å². The van der Waals surface area contributed by atoms with Gasteiger partial charge in [0.2, 0.25) is 0 Å². The third-order valence-electron chi connectivity index (χ3n) is 1.56. The second-order valence-corrected chi connectivity index (χ2v) is 2.82. The molecule has 2 aromatic rings. The third kappa shape index (κ3) is 1.77. The molecule has 62 valence electrons. The predicted octanol–water partition coefficient (Wildman–Crippen LogP) is 2.40. The Bertz CT molecular complexity index is 401. The first kappa shape index (κ1) is 8.03. The van der Waals surface area contributed by atoms with Crippen LogP contribution in [0.25, 0.3) is 11.3 Å². The van der Waals surface area contributed by atoms with Gasteiger partial charge < -0.3 is 0 Å². The molecular formula is C10H5ClN2. The van der Waals surface area contributed by atoms with Crippen molar-refractivity contribution in [1.29, 1.82) is 0 Å². The quantitative estimate of drug-likeness (QED) is 0.643. The molecule has 0 spiro atoms. The average molecular weight is 189 g/mol. The van der Waals surface area contributed by atoms with Crippen molar-refractivity contribution >= 4 is 11.6 Å². The maximum Gasteiger partial charge on any atom is 0.133 e. The van der Waals surface area contributed by atoms with Gasteiger partial charge in [-0.25, -0.2) is 9.97 Å². The van der Waals surface area contributed by atoms with E-state index in [0.717, 1.165) is 11.3 Å². The molecule has 0 aliphatic rings. The minimum Gasteiger partial charge on any atom is -0.236 e. The molecule has 0 radical (unpaired) electrons. The van der Waals surface area contributed by atoms with Crippen molar-refractivity contribution in [3.63, 3.8) is 0 Å². The van der Waals surface area contributed by atoms with Crippen LogP contribution >= 0.6 is 11.6 Å². The van der Waals surface area contributed by atoms with E-state index in [1.807, 2.05) is 12.1 Å². The van der Waals surface area contributed by atoms with Crippen LogP contribution in [-0.4, -0.2) is 9.97 Å². The Morgan fingerprint density at radius 3 is 2.92 bits per heavy atom. The lowest BCUT2D eigenvalue weighted by Crippen LogP contribution is -1.83. The molecule has 0 aliphatic heterocycles. The van der Waals surface area contributed by atoms with Crippen LogP contribution in [0.3, 0.4) is 0 Å². The molecule has 3 heteroatoms. The maximum absolute atomic E-state index is 5.72. The van der Waals surface area contributed by atoms with Crippen molar-refractivity contribution in [2.75, 3.05) is 0 Å².